The maximum absolute atomic E-state index is 12.9. The molecule has 2 aromatic rings. The van der Waals surface area contributed by atoms with Crippen molar-refractivity contribution in [1.29, 1.82) is 0 Å². The SMILES string of the molecule is CC(C)(C)OC(=O)N1CCC(COc2cccc3c(=O)cc(C(=O)CCC4CCCCC4)oc23)CC1. The minimum Gasteiger partial charge on any atom is -0.489 e. The van der Waals surface area contributed by atoms with Crippen LogP contribution in [0.15, 0.2) is 33.5 Å². The highest BCUT2D eigenvalue weighted by Gasteiger charge is 2.27. The molecule has 4 rings (SSSR count). The highest BCUT2D eigenvalue weighted by atomic mass is 16.6. The van der Waals surface area contributed by atoms with E-state index in [1.807, 2.05) is 20.8 Å². The number of para-hydroxylation sites is 1. The number of nitrogens with zero attached hydrogens (tertiary/aromatic N) is 1. The molecule has 1 saturated carbocycles. The van der Waals surface area contributed by atoms with Crippen molar-refractivity contribution in [1.82, 2.24) is 4.90 Å². The molecule has 0 N–H and O–H groups in total. The summed E-state index contributed by atoms with van der Waals surface area (Å²) in [6.45, 7) is 7.28. The maximum atomic E-state index is 12.9. The van der Waals surface area contributed by atoms with E-state index in [4.69, 9.17) is 13.9 Å². The third kappa shape index (κ3) is 6.89. The van der Waals surface area contributed by atoms with Gasteiger partial charge < -0.3 is 18.8 Å². The summed E-state index contributed by atoms with van der Waals surface area (Å²) in [7, 11) is 0. The summed E-state index contributed by atoms with van der Waals surface area (Å²) in [4.78, 5) is 39.7. The summed E-state index contributed by atoms with van der Waals surface area (Å²) in [6, 6.07) is 6.56. The Morgan fingerprint density at radius 1 is 1.03 bits per heavy atom. The van der Waals surface area contributed by atoms with Gasteiger partial charge in [-0.3, -0.25) is 9.59 Å². The Labute approximate surface area is 213 Å². The number of hydrogen-bond acceptors (Lipinski definition) is 6. The zero-order chi connectivity index (χ0) is 25.7. The molecule has 1 aromatic heterocycles. The standard InChI is InChI=1S/C29H39NO6/c1-29(2,3)36-28(33)30-16-14-21(15-17-30)19-34-25-11-7-10-22-24(32)18-26(35-27(22)25)23(31)13-12-20-8-5-4-6-9-20/h7,10-11,18,20-21H,4-6,8-9,12-17,19H2,1-3H3. The van der Waals surface area contributed by atoms with Crippen LogP contribution in [0, 0.1) is 11.8 Å². The predicted molar refractivity (Wildman–Crippen MR) is 139 cm³/mol. The molecule has 2 fully saturated rings. The van der Waals surface area contributed by atoms with Crippen LogP contribution < -0.4 is 10.2 Å². The monoisotopic (exact) mass is 497 g/mol. The van der Waals surface area contributed by atoms with Gasteiger partial charge in [-0.1, -0.05) is 38.2 Å². The number of piperidine rings is 1. The first-order valence-corrected chi connectivity index (χ1v) is 13.4. The molecular formula is C29H39NO6. The number of ether oxygens (including phenoxy) is 2. The molecule has 1 aromatic carbocycles. The second kappa shape index (κ2) is 11.5. The largest absolute Gasteiger partial charge is 0.489 e. The van der Waals surface area contributed by atoms with Crippen molar-refractivity contribution in [3.8, 4) is 5.75 Å². The van der Waals surface area contributed by atoms with Crippen LogP contribution in [0.3, 0.4) is 0 Å². The molecule has 196 valence electrons. The summed E-state index contributed by atoms with van der Waals surface area (Å²) >= 11 is 0. The molecular weight excluding hydrogens is 458 g/mol. The van der Waals surface area contributed by atoms with Crippen molar-refractivity contribution in [2.75, 3.05) is 19.7 Å². The molecule has 1 saturated heterocycles. The number of carbonyl (C=O) groups is 2. The van der Waals surface area contributed by atoms with E-state index in [9.17, 15) is 14.4 Å². The second-order valence-corrected chi connectivity index (χ2v) is 11.3. The fourth-order valence-electron chi connectivity index (χ4n) is 5.15. The predicted octanol–water partition coefficient (Wildman–Crippen LogP) is 6.36. The molecule has 0 atom stereocenters. The second-order valence-electron chi connectivity index (χ2n) is 11.3. The maximum Gasteiger partial charge on any atom is 0.410 e. The van der Waals surface area contributed by atoms with Gasteiger partial charge in [-0.2, -0.15) is 0 Å². The van der Waals surface area contributed by atoms with Crippen molar-refractivity contribution >= 4 is 22.8 Å². The van der Waals surface area contributed by atoms with E-state index in [1.165, 1.54) is 38.2 Å². The molecule has 0 radical (unpaired) electrons. The lowest BCUT2D eigenvalue weighted by molar-refractivity contribution is 0.0165. The van der Waals surface area contributed by atoms with E-state index in [0.29, 0.717) is 48.8 Å². The van der Waals surface area contributed by atoms with E-state index in [-0.39, 0.29) is 29.0 Å². The van der Waals surface area contributed by atoms with Crippen molar-refractivity contribution in [2.45, 2.75) is 84.2 Å². The highest BCUT2D eigenvalue weighted by molar-refractivity contribution is 5.95. The molecule has 0 bridgehead atoms. The molecule has 1 aliphatic heterocycles. The lowest BCUT2D eigenvalue weighted by atomic mass is 9.85. The van der Waals surface area contributed by atoms with E-state index in [0.717, 1.165) is 19.3 Å². The first kappa shape index (κ1) is 26.2. The van der Waals surface area contributed by atoms with Gasteiger partial charge >= 0.3 is 6.09 Å². The first-order valence-electron chi connectivity index (χ1n) is 13.4. The molecule has 7 nitrogen and oxygen atoms in total. The molecule has 0 unspecified atom stereocenters. The van der Waals surface area contributed by atoms with Crippen molar-refractivity contribution in [3.63, 3.8) is 0 Å². The highest BCUT2D eigenvalue weighted by Crippen LogP contribution is 2.30. The number of benzene rings is 1. The average Bonchev–Trinajstić information content (AvgIpc) is 2.86. The molecule has 36 heavy (non-hydrogen) atoms. The number of likely N-dealkylation sites (tertiary alicyclic amines) is 1. The van der Waals surface area contributed by atoms with Gasteiger partial charge in [0.05, 0.1) is 12.0 Å². The number of fused-ring (bicyclic) bond motifs is 1. The van der Waals surface area contributed by atoms with Crippen molar-refractivity contribution in [3.05, 3.63) is 40.2 Å². The van der Waals surface area contributed by atoms with E-state index in [1.54, 1.807) is 23.1 Å². The molecule has 1 aliphatic carbocycles. The third-order valence-corrected chi connectivity index (χ3v) is 7.24. The number of ketones is 1. The summed E-state index contributed by atoms with van der Waals surface area (Å²) in [5.41, 5.74) is -0.406. The van der Waals surface area contributed by atoms with Gasteiger partial charge in [0.25, 0.3) is 0 Å². The summed E-state index contributed by atoms with van der Waals surface area (Å²) in [5, 5.41) is 0.413. The van der Waals surface area contributed by atoms with Crippen LogP contribution in [-0.4, -0.2) is 42.1 Å². The van der Waals surface area contributed by atoms with Crippen LogP contribution in [0.2, 0.25) is 0 Å². The molecule has 0 spiro atoms. The summed E-state index contributed by atoms with van der Waals surface area (Å²) in [6.07, 6.45) is 8.72. The zero-order valence-electron chi connectivity index (χ0n) is 21.8. The van der Waals surface area contributed by atoms with Gasteiger partial charge in [0.1, 0.15) is 5.60 Å². The number of carbonyl (C=O) groups excluding carboxylic acids is 2. The average molecular weight is 498 g/mol. The van der Waals surface area contributed by atoms with Crippen molar-refractivity contribution in [2.24, 2.45) is 11.8 Å². The fraction of sp³-hybridized carbons (Fsp3) is 0.621. The Balaban J connectivity index is 1.37. The molecule has 1 amide bonds. The summed E-state index contributed by atoms with van der Waals surface area (Å²) in [5.74, 6) is 1.33. The van der Waals surface area contributed by atoms with Crippen LogP contribution in [-0.2, 0) is 4.74 Å². The van der Waals surface area contributed by atoms with Crippen LogP contribution in [0.25, 0.3) is 11.0 Å². The van der Waals surface area contributed by atoms with E-state index in [2.05, 4.69) is 0 Å². The lowest BCUT2D eigenvalue weighted by Gasteiger charge is -2.33. The molecule has 2 heterocycles. The lowest BCUT2D eigenvalue weighted by Crippen LogP contribution is -2.42. The van der Waals surface area contributed by atoms with Gasteiger partial charge in [-0.25, -0.2) is 4.79 Å². The number of hydrogen-bond donors (Lipinski definition) is 0. The minimum atomic E-state index is -0.508. The number of amides is 1. The van der Waals surface area contributed by atoms with Gasteiger partial charge in [-0.05, 0) is 64.0 Å². The Kier molecular flexibility index (Phi) is 8.37. The van der Waals surface area contributed by atoms with Gasteiger partial charge in [0.2, 0.25) is 0 Å². The zero-order valence-corrected chi connectivity index (χ0v) is 21.8. The van der Waals surface area contributed by atoms with Gasteiger partial charge in [-0.15, -0.1) is 0 Å². The Morgan fingerprint density at radius 3 is 2.44 bits per heavy atom. The van der Waals surface area contributed by atoms with Crippen LogP contribution in [0.4, 0.5) is 4.79 Å². The molecule has 2 aliphatic rings. The number of Topliss-reactive ketones (excluding diaryl/α,β-unsaturated/α-hetero) is 1. The normalized spacial score (nSPS) is 17.8. The van der Waals surface area contributed by atoms with E-state index < -0.39 is 5.60 Å². The van der Waals surface area contributed by atoms with Crippen LogP contribution in [0.1, 0.15) is 89.1 Å². The minimum absolute atomic E-state index is 0.116. The smallest absolute Gasteiger partial charge is 0.410 e. The summed E-state index contributed by atoms with van der Waals surface area (Å²) < 4.78 is 17.5. The third-order valence-electron chi connectivity index (χ3n) is 7.24. The van der Waals surface area contributed by atoms with Gasteiger partial charge in [0.15, 0.2) is 28.3 Å². The first-order chi connectivity index (χ1) is 17.2. The topological polar surface area (TPSA) is 86.0 Å². The van der Waals surface area contributed by atoms with E-state index >= 15 is 0 Å². The van der Waals surface area contributed by atoms with Crippen molar-refractivity contribution < 1.29 is 23.5 Å². The number of rotatable bonds is 7. The Bertz CT molecular complexity index is 1120. The quantitative estimate of drug-likeness (QED) is 0.414. The molecule has 7 heteroatoms. The van der Waals surface area contributed by atoms with Crippen LogP contribution >= 0.6 is 0 Å². The van der Waals surface area contributed by atoms with Crippen LogP contribution in [0.5, 0.6) is 5.75 Å². The Hall–Kier alpha value is -2.83. The Morgan fingerprint density at radius 2 is 1.75 bits per heavy atom. The fourth-order valence-corrected chi connectivity index (χ4v) is 5.15. The van der Waals surface area contributed by atoms with Gasteiger partial charge in [0, 0.05) is 25.6 Å².